The van der Waals surface area contributed by atoms with Crippen LogP contribution in [-0.2, 0) is 13.1 Å². The van der Waals surface area contributed by atoms with Crippen molar-refractivity contribution >= 4 is 17.4 Å². The molecule has 4 heteroatoms. The van der Waals surface area contributed by atoms with Crippen molar-refractivity contribution in [2.45, 2.75) is 26.9 Å². The Kier molecular flexibility index (Phi) is 4.63. The Hall–Kier alpha value is -1.58. The Bertz CT molecular complexity index is 593. The van der Waals surface area contributed by atoms with Crippen molar-refractivity contribution in [3.05, 3.63) is 57.7 Å². The highest BCUT2D eigenvalue weighted by Crippen LogP contribution is 2.23. The predicted octanol–water partition coefficient (Wildman–Crippen LogP) is 3.45. The van der Waals surface area contributed by atoms with Crippen LogP contribution in [0.2, 0.25) is 5.02 Å². The summed E-state index contributed by atoms with van der Waals surface area (Å²) < 4.78 is 0. The number of aromatic nitrogens is 1. The van der Waals surface area contributed by atoms with E-state index < -0.39 is 0 Å². The summed E-state index contributed by atoms with van der Waals surface area (Å²) in [5, 5.41) is 0.753. The highest BCUT2D eigenvalue weighted by Gasteiger charge is 2.12. The summed E-state index contributed by atoms with van der Waals surface area (Å²) in [6, 6.07) is 9.95. The van der Waals surface area contributed by atoms with Crippen LogP contribution in [0.1, 0.15) is 22.4 Å². The molecular weight excluding hydrogens is 270 g/mol. The number of hydrogen-bond donors (Lipinski definition) is 1. The van der Waals surface area contributed by atoms with Gasteiger partial charge in [-0.3, -0.25) is 0 Å². The van der Waals surface area contributed by atoms with Crippen LogP contribution in [0.3, 0.4) is 0 Å². The third-order valence-electron chi connectivity index (χ3n) is 3.35. The van der Waals surface area contributed by atoms with Crippen LogP contribution in [0.5, 0.6) is 0 Å². The van der Waals surface area contributed by atoms with Crippen LogP contribution < -0.4 is 10.6 Å². The fourth-order valence-corrected chi connectivity index (χ4v) is 2.48. The molecule has 0 saturated heterocycles. The molecule has 1 aromatic carbocycles. The smallest absolute Gasteiger partial charge is 0.133 e. The number of pyridine rings is 1. The van der Waals surface area contributed by atoms with E-state index in [2.05, 4.69) is 22.9 Å². The summed E-state index contributed by atoms with van der Waals surface area (Å²) in [6.07, 6.45) is 0. The maximum atomic E-state index is 5.91. The molecule has 2 N–H and O–H groups in total. The molecule has 0 radical (unpaired) electrons. The summed E-state index contributed by atoms with van der Waals surface area (Å²) in [5.74, 6) is 0.958. The molecule has 3 nitrogen and oxygen atoms in total. The van der Waals surface area contributed by atoms with Gasteiger partial charge in [0.2, 0.25) is 0 Å². The molecule has 1 aromatic heterocycles. The van der Waals surface area contributed by atoms with E-state index in [9.17, 15) is 0 Å². The van der Waals surface area contributed by atoms with Gasteiger partial charge in [0.25, 0.3) is 0 Å². The van der Waals surface area contributed by atoms with E-state index in [-0.39, 0.29) is 0 Å². The number of nitrogens with two attached hydrogens (primary N) is 1. The van der Waals surface area contributed by atoms with Crippen LogP contribution in [-0.4, -0.2) is 12.0 Å². The van der Waals surface area contributed by atoms with E-state index in [1.54, 1.807) is 0 Å². The maximum absolute atomic E-state index is 5.91. The number of benzene rings is 1. The highest BCUT2D eigenvalue weighted by molar-refractivity contribution is 6.30. The van der Waals surface area contributed by atoms with Gasteiger partial charge in [-0.2, -0.15) is 0 Å². The van der Waals surface area contributed by atoms with Crippen molar-refractivity contribution in [1.29, 1.82) is 0 Å². The first-order valence-electron chi connectivity index (χ1n) is 6.64. The van der Waals surface area contributed by atoms with E-state index in [4.69, 9.17) is 17.3 Å². The lowest BCUT2D eigenvalue weighted by Gasteiger charge is -2.23. The van der Waals surface area contributed by atoms with Crippen LogP contribution >= 0.6 is 11.6 Å². The molecule has 0 saturated carbocycles. The van der Waals surface area contributed by atoms with Gasteiger partial charge in [-0.15, -0.1) is 0 Å². The summed E-state index contributed by atoms with van der Waals surface area (Å²) in [6.45, 7) is 5.36. The van der Waals surface area contributed by atoms with Gasteiger partial charge in [0.1, 0.15) is 5.82 Å². The molecule has 106 valence electrons. The van der Waals surface area contributed by atoms with E-state index in [1.807, 2.05) is 38.2 Å². The Morgan fingerprint density at radius 1 is 1.20 bits per heavy atom. The van der Waals surface area contributed by atoms with Gasteiger partial charge in [0, 0.05) is 36.4 Å². The Balaban J connectivity index is 2.28. The zero-order valence-corrected chi connectivity index (χ0v) is 12.9. The Morgan fingerprint density at radius 2 is 1.85 bits per heavy atom. The molecule has 1 heterocycles. The first kappa shape index (κ1) is 14.8. The van der Waals surface area contributed by atoms with Crippen molar-refractivity contribution in [2.24, 2.45) is 5.73 Å². The molecule has 2 rings (SSSR count). The van der Waals surface area contributed by atoms with Crippen molar-refractivity contribution in [3.63, 3.8) is 0 Å². The molecule has 2 aromatic rings. The quantitative estimate of drug-likeness (QED) is 0.937. The average Bonchev–Trinajstić information content (AvgIpc) is 2.40. The van der Waals surface area contributed by atoms with Crippen LogP contribution in [0.25, 0.3) is 0 Å². The van der Waals surface area contributed by atoms with Crippen molar-refractivity contribution in [3.8, 4) is 0 Å². The zero-order valence-electron chi connectivity index (χ0n) is 12.2. The number of anilines is 1. The van der Waals surface area contributed by atoms with Crippen molar-refractivity contribution in [1.82, 2.24) is 4.98 Å². The van der Waals surface area contributed by atoms with Gasteiger partial charge in [-0.1, -0.05) is 23.7 Å². The Labute approximate surface area is 125 Å². The molecule has 0 fully saturated rings. The standard InChI is InChI=1S/C16H20ClN3/c1-11-8-12(2)19-16(15(11)9-18)20(3)10-13-4-6-14(17)7-5-13/h4-8H,9-10,18H2,1-3H3. The predicted molar refractivity (Wildman–Crippen MR) is 85.2 cm³/mol. The summed E-state index contributed by atoms with van der Waals surface area (Å²) in [4.78, 5) is 6.77. The third-order valence-corrected chi connectivity index (χ3v) is 3.60. The minimum Gasteiger partial charge on any atom is -0.355 e. The monoisotopic (exact) mass is 289 g/mol. The van der Waals surface area contributed by atoms with E-state index in [1.165, 1.54) is 11.1 Å². The third kappa shape index (κ3) is 3.30. The van der Waals surface area contributed by atoms with Gasteiger partial charge in [-0.25, -0.2) is 4.98 Å². The average molecular weight is 290 g/mol. The zero-order chi connectivity index (χ0) is 14.7. The molecule has 0 unspecified atom stereocenters. The molecule has 0 bridgehead atoms. The molecule has 0 aliphatic heterocycles. The number of hydrogen-bond acceptors (Lipinski definition) is 3. The topological polar surface area (TPSA) is 42.1 Å². The maximum Gasteiger partial charge on any atom is 0.133 e. The van der Waals surface area contributed by atoms with Crippen molar-refractivity contribution in [2.75, 3.05) is 11.9 Å². The highest BCUT2D eigenvalue weighted by atomic mass is 35.5. The molecule has 0 amide bonds. The fourth-order valence-electron chi connectivity index (χ4n) is 2.35. The van der Waals surface area contributed by atoms with E-state index in [0.717, 1.165) is 28.6 Å². The number of halogens is 1. The van der Waals surface area contributed by atoms with Gasteiger partial charge < -0.3 is 10.6 Å². The van der Waals surface area contributed by atoms with E-state index >= 15 is 0 Å². The van der Waals surface area contributed by atoms with Crippen LogP contribution in [0.4, 0.5) is 5.82 Å². The Morgan fingerprint density at radius 3 is 2.45 bits per heavy atom. The molecule has 0 spiro atoms. The molecule has 0 aliphatic rings. The summed E-state index contributed by atoms with van der Waals surface area (Å²) >= 11 is 5.91. The molecule has 0 aliphatic carbocycles. The normalized spacial score (nSPS) is 10.7. The fraction of sp³-hybridized carbons (Fsp3) is 0.312. The van der Waals surface area contributed by atoms with Gasteiger partial charge in [0.05, 0.1) is 0 Å². The van der Waals surface area contributed by atoms with Gasteiger partial charge >= 0.3 is 0 Å². The first-order chi connectivity index (χ1) is 9.51. The second-order valence-electron chi connectivity index (χ2n) is 5.07. The van der Waals surface area contributed by atoms with E-state index in [0.29, 0.717) is 6.54 Å². The lowest BCUT2D eigenvalue weighted by molar-refractivity contribution is 0.865. The second kappa shape index (κ2) is 6.25. The first-order valence-corrected chi connectivity index (χ1v) is 7.02. The van der Waals surface area contributed by atoms with Gasteiger partial charge in [0.15, 0.2) is 0 Å². The van der Waals surface area contributed by atoms with Crippen molar-refractivity contribution < 1.29 is 0 Å². The number of nitrogens with zero attached hydrogens (tertiary/aromatic N) is 2. The molecular formula is C16H20ClN3. The minimum atomic E-state index is 0.499. The molecule has 0 atom stereocenters. The number of aryl methyl sites for hydroxylation is 2. The van der Waals surface area contributed by atoms with Gasteiger partial charge in [-0.05, 0) is 43.2 Å². The second-order valence-corrected chi connectivity index (χ2v) is 5.51. The lowest BCUT2D eigenvalue weighted by Crippen LogP contribution is -2.21. The lowest BCUT2D eigenvalue weighted by atomic mass is 10.1. The summed E-state index contributed by atoms with van der Waals surface area (Å²) in [7, 11) is 2.04. The molecule has 20 heavy (non-hydrogen) atoms. The van der Waals surface area contributed by atoms with Crippen LogP contribution in [0, 0.1) is 13.8 Å². The summed E-state index contributed by atoms with van der Waals surface area (Å²) in [5.41, 5.74) is 10.4. The minimum absolute atomic E-state index is 0.499. The number of rotatable bonds is 4. The SMILES string of the molecule is Cc1cc(C)c(CN)c(N(C)Cc2ccc(Cl)cc2)n1. The van der Waals surface area contributed by atoms with Crippen LogP contribution in [0.15, 0.2) is 30.3 Å². The largest absolute Gasteiger partial charge is 0.355 e.